The van der Waals surface area contributed by atoms with Crippen molar-refractivity contribution in [3.63, 3.8) is 0 Å². The normalized spacial score (nSPS) is 11.9. The molecule has 0 saturated heterocycles. The minimum Gasteiger partial charge on any atom is -0.368 e. The van der Waals surface area contributed by atoms with Gasteiger partial charge in [0.15, 0.2) is 0 Å². The number of ether oxygens (including phenoxy) is 1. The third-order valence-electron chi connectivity index (χ3n) is 3.26. The van der Waals surface area contributed by atoms with Gasteiger partial charge in [0.05, 0.1) is 6.61 Å². The second-order valence-electron chi connectivity index (χ2n) is 4.94. The summed E-state index contributed by atoms with van der Waals surface area (Å²) >= 11 is 0. The average molecular weight is 290 g/mol. The zero-order chi connectivity index (χ0) is 15.5. The van der Waals surface area contributed by atoms with Crippen molar-refractivity contribution in [3.05, 3.63) is 48.6 Å². The van der Waals surface area contributed by atoms with Crippen LogP contribution in [0.2, 0.25) is 0 Å². The molecular weight excluding hydrogens is 264 g/mol. The molecule has 0 aromatic heterocycles. The van der Waals surface area contributed by atoms with Crippen molar-refractivity contribution < 1.29 is 9.53 Å². The molecule has 2 N–H and O–H groups in total. The molecule has 4 nitrogen and oxygen atoms in total. The Morgan fingerprint density at radius 1 is 1.38 bits per heavy atom. The molecule has 0 heterocycles. The Morgan fingerprint density at radius 3 is 2.71 bits per heavy atom. The smallest absolute Gasteiger partial charge is 0.251 e. The Bertz CT molecular complexity index is 420. The van der Waals surface area contributed by atoms with E-state index in [0.717, 1.165) is 12.8 Å². The molecule has 1 amide bonds. The van der Waals surface area contributed by atoms with Crippen LogP contribution in [0.15, 0.2) is 43.0 Å². The van der Waals surface area contributed by atoms with Crippen molar-refractivity contribution in [1.82, 2.24) is 4.90 Å². The number of hydrogen-bond donors (Lipinski definition) is 1. The Labute approximate surface area is 127 Å². The molecule has 1 rings (SSSR count). The molecule has 1 aromatic rings. The van der Waals surface area contributed by atoms with E-state index < -0.39 is 6.10 Å². The molecule has 0 bridgehead atoms. The first-order valence-corrected chi connectivity index (χ1v) is 7.44. The summed E-state index contributed by atoms with van der Waals surface area (Å²) in [5.41, 5.74) is 6.83. The van der Waals surface area contributed by atoms with E-state index in [1.54, 1.807) is 17.9 Å². The Kier molecular flexibility index (Phi) is 8.40. The highest BCUT2D eigenvalue weighted by Gasteiger charge is 2.20. The van der Waals surface area contributed by atoms with Crippen LogP contribution in [0, 0.1) is 0 Å². The van der Waals surface area contributed by atoms with E-state index in [-0.39, 0.29) is 5.91 Å². The molecule has 4 heteroatoms. The van der Waals surface area contributed by atoms with E-state index >= 15 is 0 Å². The first-order valence-electron chi connectivity index (χ1n) is 7.44. The van der Waals surface area contributed by atoms with Crippen molar-refractivity contribution in [2.24, 2.45) is 5.73 Å². The number of benzene rings is 1. The molecule has 0 radical (unpaired) electrons. The third-order valence-corrected chi connectivity index (χ3v) is 3.26. The second-order valence-corrected chi connectivity index (χ2v) is 4.94. The predicted molar refractivity (Wildman–Crippen MR) is 86.0 cm³/mol. The summed E-state index contributed by atoms with van der Waals surface area (Å²) in [7, 11) is 0. The number of rotatable bonds is 10. The van der Waals surface area contributed by atoms with Gasteiger partial charge in [-0.15, -0.1) is 6.58 Å². The number of nitrogens with zero attached hydrogens (tertiary/aromatic N) is 1. The lowest BCUT2D eigenvalue weighted by molar-refractivity contribution is -0.142. The van der Waals surface area contributed by atoms with Crippen LogP contribution in [-0.4, -0.2) is 43.2 Å². The minimum atomic E-state index is -0.438. The van der Waals surface area contributed by atoms with E-state index in [4.69, 9.17) is 10.5 Å². The van der Waals surface area contributed by atoms with Crippen molar-refractivity contribution in [2.75, 3.05) is 26.2 Å². The van der Waals surface area contributed by atoms with Gasteiger partial charge in [0.1, 0.15) is 6.10 Å². The fraction of sp³-hybridized carbons (Fsp3) is 0.471. The monoisotopic (exact) mass is 290 g/mol. The molecule has 1 atom stereocenters. The molecule has 0 fully saturated rings. The van der Waals surface area contributed by atoms with Gasteiger partial charge in [-0.2, -0.15) is 0 Å². The SMILES string of the molecule is C=CCCOC(C)C(=O)N(CCN)CCc1ccccc1. The van der Waals surface area contributed by atoms with Gasteiger partial charge in [0.2, 0.25) is 0 Å². The zero-order valence-electron chi connectivity index (χ0n) is 12.8. The van der Waals surface area contributed by atoms with E-state index in [1.165, 1.54) is 5.56 Å². The van der Waals surface area contributed by atoms with Crippen LogP contribution in [0.5, 0.6) is 0 Å². The van der Waals surface area contributed by atoms with Crippen molar-refractivity contribution >= 4 is 5.91 Å². The zero-order valence-corrected chi connectivity index (χ0v) is 12.8. The number of hydrogen-bond acceptors (Lipinski definition) is 3. The van der Waals surface area contributed by atoms with Crippen molar-refractivity contribution in [1.29, 1.82) is 0 Å². The van der Waals surface area contributed by atoms with Crippen LogP contribution in [0.4, 0.5) is 0 Å². The Balaban J connectivity index is 2.50. The van der Waals surface area contributed by atoms with Gasteiger partial charge in [-0.05, 0) is 25.3 Å². The number of nitrogens with two attached hydrogens (primary N) is 1. The third kappa shape index (κ3) is 6.56. The van der Waals surface area contributed by atoms with Gasteiger partial charge in [0.25, 0.3) is 5.91 Å². The average Bonchev–Trinajstić information content (AvgIpc) is 2.52. The molecule has 0 spiro atoms. The van der Waals surface area contributed by atoms with E-state index in [2.05, 4.69) is 18.7 Å². The van der Waals surface area contributed by atoms with Gasteiger partial charge < -0.3 is 15.4 Å². The summed E-state index contributed by atoms with van der Waals surface area (Å²) in [4.78, 5) is 14.2. The summed E-state index contributed by atoms with van der Waals surface area (Å²) in [6.07, 6.45) is 2.92. The first kappa shape index (κ1) is 17.4. The molecular formula is C17H26N2O2. The lowest BCUT2D eigenvalue weighted by atomic mass is 10.1. The lowest BCUT2D eigenvalue weighted by Crippen LogP contribution is -2.43. The number of carbonyl (C=O) groups is 1. The summed E-state index contributed by atoms with van der Waals surface area (Å²) in [5.74, 6) is 0.000411. The van der Waals surface area contributed by atoms with Crippen LogP contribution in [0.1, 0.15) is 18.9 Å². The predicted octanol–water partition coefficient (Wildman–Crippen LogP) is 2.00. The fourth-order valence-corrected chi connectivity index (χ4v) is 2.05. The van der Waals surface area contributed by atoms with E-state index in [9.17, 15) is 4.79 Å². The maximum atomic E-state index is 12.4. The van der Waals surface area contributed by atoms with E-state index in [0.29, 0.717) is 26.2 Å². The molecule has 0 aliphatic rings. The number of amides is 1. The molecule has 116 valence electrons. The van der Waals surface area contributed by atoms with Crippen molar-refractivity contribution in [2.45, 2.75) is 25.9 Å². The maximum absolute atomic E-state index is 12.4. The summed E-state index contributed by atoms with van der Waals surface area (Å²) in [6, 6.07) is 10.1. The summed E-state index contributed by atoms with van der Waals surface area (Å²) in [6.45, 7) is 7.62. The summed E-state index contributed by atoms with van der Waals surface area (Å²) < 4.78 is 5.52. The van der Waals surface area contributed by atoms with Gasteiger partial charge in [-0.25, -0.2) is 0 Å². The maximum Gasteiger partial charge on any atom is 0.251 e. The Morgan fingerprint density at radius 2 is 2.10 bits per heavy atom. The lowest BCUT2D eigenvalue weighted by Gasteiger charge is -2.25. The fourth-order valence-electron chi connectivity index (χ4n) is 2.05. The van der Waals surface area contributed by atoms with Gasteiger partial charge in [-0.1, -0.05) is 36.4 Å². The highest BCUT2D eigenvalue weighted by molar-refractivity contribution is 5.80. The van der Waals surface area contributed by atoms with Gasteiger partial charge in [-0.3, -0.25) is 4.79 Å². The highest BCUT2D eigenvalue weighted by atomic mass is 16.5. The van der Waals surface area contributed by atoms with Gasteiger partial charge in [0, 0.05) is 19.6 Å². The van der Waals surface area contributed by atoms with Gasteiger partial charge >= 0.3 is 0 Å². The molecule has 1 unspecified atom stereocenters. The quantitative estimate of drug-likeness (QED) is 0.529. The van der Waals surface area contributed by atoms with Crippen LogP contribution in [0.3, 0.4) is 0 Å². The van der Waals surface area contributed by atoms with Crippen LogP contribution in [-0.2, 0) is 16.0 Å². The van der Waals surface area contributed by atoms with E-state index in [1.807, 2.05) is 18.2 Å². The van der Waals surface area contributed by atoms with Crippen LogP contribution >= 0.6 is 0 Å². The molecule has 0 saturated carbocycles. The Hall–Kier alpha value is -1.65. The molecule has 21 heavy (non-hydrogen) atoms. The molecule has 1 aromatic carbocycles. The largest absolute Gasteiger partial charge is 0.368 e. The minimum absolute atomic E-state index is 0.000411. The molecule has 0 aliphatic carbocycles. The topological polar surface area (TPSA) is 55.6 Å². The second kappa shape index (κ2) is 10.1. The van der Waals surface area contributed by atoms with Crippen LogP contribution < -0.4 is 5.73 Å². The standard InChI is InChI=1S/C17H26N2O2/c1-3-4-14-21-15(2)17(20)19(13-11-18)12-10-16-8-6-5-7-9-16/h3,5-9,15H,1,4,10-14,18H2,2H3. The van der Waals surface area contributed by atoms with Crippen LogP contribution in [0.25, 0.3) is 0 Å². The first-order chi connectivity index (χ1) is 10.2. The molecule has 0 aliphatic heterocycles. The highest BCUT2D eigenvalue weighted by Crippen LogP contribution is 2.05. The number of carbonyl (C=O) groups excluding carboxylic acids is 1. The van der Waals surface area contributed by atoms with Crippen molar-refractivity contribution in [3.8, 4) is 0 Å². The summed E-state index contributed by atoms with van der Waals surface area (Å²) in [5, 5.41) is 0.